The van der Waals surface area contributed by atoms with Crippen LogP contribution in [0.5, 0.6) is 0 Å². The van der Waals surface area contributed by atoms with E-state index >= 15 is 0 Å². The number of thiazole rings is 1. The Morgan fingerprint density at radius 2 is 2.04 bits per heavy atom. The predicted octanol–water partition coefficient (Wildman–Crippen LogP) is 4.00. The maximum atomic E-state index is 12.0. The van der Waals surface area contributed by atoms with Gasteiger partial charge in [0.25, 0.3) is 5.91 Å². The number of aromatic nitrogens is 1. The summed E-state index contributed by atoms with van der Waals surface area (Å²) in [6, 6.07) is 16.1. The maximum absolute atomic E-state index is 12.0. The van der Waals surface area contributed by atoms with E-state index in [-0.39, 0.29) is 12.0 Å². The summed E-state index contributed by atoms with van der Waals surface area (Å²) >= 11 is 1.73. The van der Waals surface area contributed by atoms with Gasteiger partial charge >= 0.3 is 0 Å². The van der Waals surface area contributed by atoms with Crippen LogP contribution in [0, 0.1) is 0 Å². The number of amides is 1. The van der Waals surface area contributed by atoms with Crippen LogP contribution in [0.25, 0.3) is 10.2 Å². The van der Waals surface area contributed by atoms with Crippen molar-refractivity contribution in [3.05, 3.63) is 59.1 Å². The van der Waals surface area contributed by atoms with E-state index in [1.165, 1.54) is 10.3 Å². The monoisotopic (exact) mass is 338 g/mol. The largest absolute Gasteiger partial charge is 0.368 e. The molecule has 2 aromatic carbocycles. The number of rotatable bonds is 4. The number of para-hydroxylation sites is 1. The molecule has 1 N–H and O–H groups in total. The van der Waals surface area contributed by atoms with Crippen molar-refractivity contribution >= 4 is 33.1 Å². The summed E-state index contributed by atoms with van der Waals surface area (Å²) in [7, 11) is 0. The molecule has 4 nitrogen and oxygen atoms in total. The highest BCUT2D eigenvalue weighted by Gasteiger charge is 2.23. The fourth-order valence-corrected chi connectivity index (χ4v) is 3.88. The van der Waals surface area contributed by atoms with Crippen LogP contribution in [0.2, 0.25) is 0 Å². The molecule has 1 aliphatic rings. The SMILES string of the molecule is O=C(Nc1ccc(Cc2nc3ccccc3s2)cc1)[C@@H]1CCCO1. The smallest absolute Gasteiger partial charge is 0.253 e. The first-order valence-corrected chi connectivity index (χ1v) is 8.95. The van der Waals surface area contributed by atoms with Crippen LogP contribution in [-0.2, 0) is 16.0 Å². The Bertz CT molecular complexity index is 818. The van der Waals surface area contributed by atoms with E-state index < -0.39 is 0 Å². The highest BCUT2D eigenvalue weighted by Crippen LogP contribution is 2.24. The van der Waals surface area contributed by atoms with Crippen molar-refractivity contribution < 1.29 is 9.53 Å². The zero-order valence-electron chi connectivity index (χ0n) is 13.2. The topological polar surface area (TPSA) is 51.2 Å². The number of carbonyl (C=O) groups is 1. The summed E-state index contributed by atoms with van der Waals surface area (Å²) < 4.78 is 6.62. The van der Waals surface area contributed by atoms with E-state index in [9.17, 15) is 4.79 Å². The van der Waals surface area contributed by atoms with Crippen LogP contribution < -0.4 is 5.32 Å². The lowest BCUT2D eigenvalue weighted by Gasteiger charge is -2.10. The highest BCUT2D eigenvalue weighted by molar-refractivity contribution is 7.18. The standard InChI is InChI=1S/C19H18N2O2S/c22-19(16-5-3-11-23-16)20-14-9-7-13(8-10-14)12-18-21-15-4-1-2-6-17(15)24-18/h1-2,4,6-10,16H,3,5,11-12H2,(H,20,22)/t16-/m0/s1. The zero-order chi connectivity index (χ0) is 16.4. The molecule has 1 atom stereocenters. The normalized spacial score (nSPS) is 17.2. The molecule has 0 bridgehead atoms. The zero-order valence-corrected chi connectivity index (χ0v) is 14.0. The van der Waals surface area contributed by atoms with Gasteiger partial charge in [0.15, 0.2) is 0 Å². The number of hydrogen-bond donors (Lipinski definition) is 1. The fourth-order valence-electron chi connectivity index (χ4n) is 2.88. The Hall–Kier alpha value is -2.24. The minimum Gasteiger partial charge on any atom is -0.368 e. The predicted molar refractivity (Wildman–Crippen MR) is 96.5 cm³/mol. The summed E-state index contributed by atoms with van der Waals surface area (Å²) in [6.07, 6.45) is 2.27. The highest BCUT2D eigenvalue weighted by atomic mass is 32.1. The number of ether oxygens (including phenoxy) is 1. The second-order valence-electron chi connectivity index (χ2n) is 5.94. The molecular weight excluding hydrogens is 320 g/mol. The molecule has 0 radical (unpaired) electrons. The molecule has 5 heteroatoms. The summed E-state index contributed by atoms with van der Waals surface area (Å²) in [4.78, 5) is 16.7. The van der Waals surface area contributed by atoms with E-state index in [0.29, 0.717) is 6.61 Å². The number of nitrogens with one attached hydrogen (secondary N) is 1. The molecule has 1 aromatic heterocycles. The Morgan fingerprint density at radius 3 is 2.79 bits per heavy atom. The average molecular weight is 338 g/mol. The van der Waals surface area contributed by atoms with Gasteiger partial charge < -0.3 is 10.1 Å². The van der Waals surface area contributed by atoms with Gasteiger partial charge in [0, 0.05) is 18.7 Å². The van der Waals surface area contributed by atoms with Gasteiger partial charge in [0.2, 0.25) is 0 Å². The van der Waals surface area contributed by atoms with Crippen LogP contribution >= 0.6 is 11.3 Å². The van der Waals surface area contributed by atoms with E-state index in [4.69, 9.17) is 4.74 Å². The molecule has 1 aliphatic heterocycles. The Labute approximate surface area is 144 Å². The lowest BCUT2D eigenvalue weighted by molar-refractivity contribution is -0.124. The van der Waals surface area contributed by atoms with Crippen molar-refractivity contribution in [1.82, 2.24) is 4.98 Å². The molecule has 0 saturated carbocycles. The maximum Gasteiger partial charge on any atom is 0.253 e. The molecule has 1 amide bonds. The summed E-state index contributed by atoms with van der Waals surface area (Å²) in [6.45, 7) is 0.680. The first kappa shape index (κ1) is 15.3. The second kappa shape index (κ2) is 6.71. The molecule has 1 fully saturated rings. The number of carbonyl (C=O) groups excluding carboxylic acids is 1. The van der Waals surface area contributed by atoms with Crippen LogP contribution in [0.4, 0.5) is 5.69 Å². The fraction of sp³-hybridized carbons (Fsp3) is 0.263. The van der Waals surface area contributed by atoms with Gasteiger partial charge in [0.1, 0.15) is 6.10 Å². The summed E-state index contributed by atoms with van der Waals surface area (Å²) in [5.41, 5.74) is 3.05. The third-order valence-corrected chi connectivity index (χ3v) is 5.17. The van der Waals surface area contributed by atoms with Crippen LogP contribution in [0.3, 0.4) is 0 Å². The van der Waals surface area contributed by atoms with Gasteiger partial charge in [0.05, 0.1) is 15.2 Å². The van der Waals surface area contributed by atoms with Crippen molar-refractivity contribution in [2.75, 3.05) is 11.9 Å². The van der Waals surface area contributed by atoms with Crippen molar-refractivity contribution in [3.63, 3.8) is 0 Å². The minimum atomic E-state index is -0.299. The number of hydrogen-bond acceptors (Lipinski definition) is 4. The van der Waals surface area contributed by atoms with E-state index in [1.807, 2.05) is 42.5 Å². The molecule has 122 valence electrons. The lowest BCUT2D eigenvalue weighted by atomic mass is 10.1. The molecule has 24 heavy (non-hydrogen) atoms. The second-order valence-corrected chi connectivity index (χ2v) is 7.06. The molecule has 2 heterocycles. The van der Waals surface area contributed by atoms with Crippen LogP contribution in [-0.4, -0.2) is 23.6 Å². The Kier molecular flexibility index (Phi) is 4.28. The molecule has 0 aliphatic carbocycles. The quantitative estimate of drug-likeness (QED) is 0.782. The molecular formula is C19H18N2O2S. The van der Waals surface area contributed by atoms with Crippen molar-refractivity contribution in [3.8, 4) is 0 Å². The first-order chi connectivity index (χ1) is 11.8. The first-order valence-electron chi connectivity index (χ1n) is 8.14. The number of nitrogens with zero attached hydrogens (tertiary/aromatic N) is 1. The third-order valence-electron chi connectivity index (χ3n) is 4.14. The van der Waals surface area contributed by atoms with E-state index in [2.05, 4.69) is 16.4 Å². The van der Waals surface area contributed by atoms with Gasteiger partial charge in [-0.05, 0) is 42.7 Å². The Balaban J connectivity index is 1.42. The van der Waals surface area contributed by atoms with Crippen LogP contribution in [0.1, 0.15) is 23.4 Å². The molecule has 0 unspecified atom stereocenters. The lowest BCUT2D eigenvalue weighted by Crippen LogP contribution is -2.26. The minimum absolute atomic E-state index is 0.0496. The van der Waals surface area contributed by atoms with Gasteiger partial charge in [-0.15, -0.1) is 11.3 Å². The Morgan fingerprint density at radius 1 is 1.21 bits per heavy atom. The molecule has 1 saturated heterocycles. The van der Waals surface area contributed by atoms with Gasteiger partial charge in [-0.3, -0.25) is 4.79 Å². The third kappa shape index (κ3) is 3.32. The summed E-state index contributed by atoms with van der Waals surface area (Å²) in [5.74, 6) is -0.0496. The van der Waals surface area contributed by atoms with Gasteiger partial charge in [-0.2, -0.15) is 0 Å². The van der Waals surface area contributed by atoms with Gasteiger partial charge in [-0.25, -0.2) is 4.98 Å². The van der Waals surface area contributed by atoms with Crippen LogP contribution in [0.15, 0.2) is 48.5 Å². The van der Waals surface area contributed by atoms with Crippen molar-refractivity contribution in [2.45, 2.75) is 25.4 Å². The van der Waals surface area contributed by atoms with Gasteiger partial charge in [-0.1, -0.05) is 24.3 Å². The van der Waals surface area contributed by atoms with E-state index in [1.54, 1.807) is 11.3 Å². The number of benzene rings is 2. The van der Waals surface area contributed by atoms with Crippen molar-refractivity contribution in [1.29, 1.82) is 0 Å². The molecule has 3 aromatic rings. The molecule has 4 rings (SSSR count). The van der Waals surface area contributed by atoms with E-state index in [0.717, 1.165) is 35.5 Å². The van der Waals surface area contributed by atoms with Crippen molar-refractivity contribution in [2.24, 2.45) is 0 Å². The average Bonchev–Trinajstić information content (AvgIpc) is 3.25. The number of fused-ring (bicyclic) bond motifs is 1. The summed E-state index contributed by atoms with van der Waals surface area (Å²) in [5, 5.41) is 4.02. The number of anilines is 1. The molecule has 0 spiro atoms.